The number of ether oxygens (including phenoxy) is 1. The van der Waals surface area contributed by atoms with Crippen LogP contribution in [0.15, 0.2) is 35.2 Å². The van der Waals surface area contributed by atoms with Crippen LogP contribution in [-0.2, 0) is 14.6 Å². The number of sulfone groups is 1. The molecule has 1 saturated heterocycles. The SMILES string of the molecule is C[C@@H]1CCC[C@H](CS(=O)(=O)c2ccccc2)O1. The zero-order valence-electron chi connectivity index (χ0n) is 10.0. The number of hydrogen-bond donors (Lipinski definition) is 0. The van der Waals surface area contributed by atoms with Crippen LogP contribution in [0.2, 0.25) is 0 Å². The monoisotopic (exact) mass is 254 g/mol. The van der Waals surface area contributed by atoms with Crippen molar-refractivity contribution in [3.8, 4) is 0 Å². The van der Waals surface area contributed by atoms with Crippen LogP contribution in [0.3, 0.4) is 0 Å². The lowest BCUT2D eigenvalue weighted by molar-refractivity contribution is -0.0274. The minimum atomic E-state index is -3.21. The Balaban J connectivity index is 2.07. The first kappa shape index (κ1) is 12.6. The minimum absolute atomic E-state index is 0.0986. The quantitative estimate of drug-likeness (QED) is 0.832. The fraction of sp³-hybridized carbons (Fsp3) is 0.538. The van der Waals surface area contributed by atoms with Gasteiger partial charge >= 0.3 is 0 Å². The van der Waals surface area contributed by atoms with Crippen LogP contribution in [0.25, 0.3) is 0 Å². The second-order valence-electron chi connectivity index (χ2n) is 4.59. The van der Waals surface area contributed by atoms with Crippen molar-refractivity contribution in [2.24, 2.45) is 0 Å². The lowest BCUT2D eigenvalue weighted by atomic mass is 10.1. The molecule has 2 rings (SSSR count). The van der Waals surface area contributed by atoms with Crippen molar-refractivity contribution in [3.63, 3.8) is 0 Å². The maximum absolute atomic E-state index is 12.1. The average Bonchev–Trinajstić information content (AvgIpc) is 2.29. The molecule has 3 nitrogen and oxygen atoms in total. The molecule has 0 N–H and O–H groups in total. The normalized spacial score (nSPS) is 25.7. The molecule has 0 spiro atoms. The minimum Gasteiger partial charge on any atom is -0.374 e. The van der Waals surface area contributed by atoms with Gasteiger partial charge in [-0.15, -0.1) is 0 Å². The Hall–Kier alpha value is -0.870. The first-order valence-corrected chi connectivity index (χ1v) is 7.66. The highest BCUT2D eigenvalue weighted by atomic mass is 32.2. The smallest absolute Gasteiger partial charge is 0.180 e. The topological polar surface area (TPSA) is 43.4 Å². The summed E-state index contributed by atoms with van der Waals surface area (Å²) in [4.78, 5) is 0.391. The van der Waals surface area contributed by atoms with E-state index in [9.17, 15) is 8.42 Å². The maximum Gasteiger partial charge on any atom is 0.180 e. The van der Waals surface area contributed by atoms with Crippen LogP contribution < -0.4 is 0 Å². The van der Waals surface area contributed by atoms with Crippen molar-refractivity contribution in [3.05, 3.63) is 30.3 Å². The van der Waals surface area contributed by atoms with Gasteiger partial charge in [-0.2, -0.15) is 0 Å². The highest BCUT2D eigenvalue weighted by Crippen LogP contribution is 2.22. The Morgan fingerprint density at radius 3 is 2.59 bits per heavy atom. The van der Waals surface area contributed by atoms with Crippen LogP contribution in [0.5, 0.6) is 0 Å². The highest BCUT2D eigenvalue weighted by Gasteiger charge is 2.25. The number of rotatable bonds is 3. The molecule has 0 radical (unpaired) electrons. The molecule has 1 aliphatic heterocycles. The van der Waals surface area contributed by atoms with Crippen molar-refractivity contribution in [1.82, 2.24) is 0 Å². The van der Waals surface area contributed by atoms with Crippen molar-refractivity contribution in [1.29, 1.82) is 0 Å². The van der Waals surface area contributed by atoms with E-state index in [1.165, 1.54) is 0 Å². The standard InChI is InChI=1S/C13H18O3S/c1-11-6-5-7-12(16-11)10-17(14,15)13-8-3-2-4-9-13/h2-4,8-9,11-12H,5-7,10H2,1H3/t11-,12-/m1/s1. The lowest BCUT2D eigenvalue weighted by Gasteiger charge is -2.27. The molecule has 94 valence electrons. The summed E-state index contributed by atoms with van der Waals surface area (Å²) in [6.45, 7) is 2.00. The molecule has 0 aromatic heterocycles. The molecular formula is C13H18O3S. The summed E-state index contributed by atoms with van der Waals surface area (Å²) in [5.41, 5.74) is 0. The first-order chi connectivity index (χ1) is 8.08. The number of hydrogen-bond acceptors (Lipinski definition) is 3. The lowest BCUT2D eigenvalue weighted by Crippen LogP contribution is -2.31. The molecule has 0 unspecified atom stereocenters. The Morgan fingerprint density at radius 2 is 1.94 bits per heavy atom. The van der Waals surface area contributed by atoms with E-state index in [1.54, 1.807) is 24.3 Å². The van der Waals surface area contributed by atoms with E-state index in [-0.39, 0.29) is 18.0 Å². The van der Waals surface area contributed by atoms with E-state index in [0.29, 0.717) is 4.90 Å². The first-order valence-electron chi connectivity index (χ1n) is 6.01. The predicted octanol–water partition coefficient (Wildman–Crippen LogP) is 2.42. The molecule has 4 heteroatoms. The van der Waals surface area contributed by atoms with Crippen LogP contribution >= 0.6 is 0 Å². The van der Waals surface area contributed by atoms with Crippen LogP contribution in [0, 0.1) is 0 Å². The maximum atomic E-state index is 12.1. The van der Waals surface area contributed by atoms with E-state index in [0.717, 1.165) is 19.3 Å². The van der Waals surface area contributed by atoms with Gasteiger partial charge in [-0.05, 0) is 38.3 Å². The van der Waals surface area contributed by atoms with Gasteiger partial charge in [0.15, 0.2) is 9.84 Å². The van der Waals surface area contributed by atoms with Gasteiger partial charge in [0.2, 0.25) is 0 Å². The molecule has 1 heterocycles. The molecule has 1 aliphatic rings. The Labute approximate surface area is 103 Å². The van der Waals surface area contributed by atoms with Gasteiger partial charge < -0.3 is 4.74 Å². The van der Waals surface area contributed by atoms with Gasteiger partial charge in [0.25, 0.3) is 0 Å². The van der Waals surface area contributed by atoms with Gasteiger partial charge in [-0.25, -0.2) is 8.42 Å². The van der Waals surface area contributed by atoms with E-state index in [2.05, 4.69) is 0 Å². The third-order valence-electron chi connectivity index (χ3n) is 3.07. The van der Waals surface area contributed by atoms with E-state index < -0.39 is 9.84 Å². The van der Waals surface area contributed by atoms with E-state index in [1.807, 2.05) is 13.0 Å². The largest absolute Gasteiger partial charge is 0.374 e. The highest BCUT2D eigenvalue weighted by molar-refractivity contribution is 7.91. The molecule has 17 heavy (non-hydrogen) atoms. The van der Waals surface area contributed by atoms with Crippen LogP contribution in [0.1, 0.15) is 26.2 Å². The van der Waals surface area contributed by atoms with Crippen LogP contribution in [-0.4, -0.2) is 26.4 Å². The fourth-order valence-electron chi connectivity index (χ4n) is 2.19. The zero-order chi connectivity index (χ0) is 12.3. The summed E-state index contributed by atoms with van der Waals surface area (Å²) in [5.74, 6) is 0.0986. The molecule has 0 aliphatic carbocycles. The molecule has 0 bridgehead atoms. The molecule has 0 saturated carbocycles. The summed E-state index contributed by atoms with van der Waals surface area (Å²) in [6, 6.07) is 8.59. The van der Waals surface area contributed by atoms with Crippen molar-refractivity contribution in [2.75, 3.05) is 5.75 Å². The van der Waals surface area contributed by atoms with Gasteiger partial charge in [0.1, 0.15) is 0 Å². The van der Waals surface area contributed by atoms with Crippen molar-refractivity contribution in [2.45, 2.75) is 43.3 Å². The summed E-state index contributed by atoms with van der Waals surface area (Å²) in [6.07, 6.45) is 2.96. The Bertz CT molecular complexity index is 453. The molecule has 1 fully saturated rings. The third kappa shape index (κ3) is 3.30. The zero-order valence-corrected chi connectivity index (χ0v) is 10.8. The second-order valence-corrected chi connectivity index (χ2v) is 6.63. The van der Waals surface area contributed by atoms with Crippen LogP contribution in [0.4, 0.5) is 0 Å². The van der Waals surface area contributed by atoms with Crippen molar-refractivity contribution < 1.29 is 13.2 Å². The van der Waals surface area contributed by atoms with Gasteiger partial charge in [0.05, 0.1) is 22.9 Å². The van der Waals surface area contributed by atoms with Gasteiger partial charge in [0, 0.05) is 0 Å². The second kappa shape index (κ2) is 5.19. The molecule has 0 amide bonds. The van der Waals surface area contributed by atoms with E-state index in [4.69, 9.17) is 4.74 Å². The molecule has 1 aromatic carbocycles. The predicted molar refractivity (Wildman–Crippen MR) is 66.7 cm³/mol. The van der Waals surface area contributed by atoms with E-state index >= 15 is 0 Å². The van der Waals surface area contributed by atoms with Gasteiger partial charge in [-0.3, -0.25) is 0 Å². The summed E-state index contributed by atoms with van der Waals surface area (Å²) >= 11 is 0. The Morgan fingerprint density at radius 1 is 1.24 bits per heavy atom. The molecular weight excluding hydrogens is 236 g/mol. The summed E-state index contributed by atoms with van der Waals surface area (Å²) < 4.78 is 29.9. The van der Waals surface area contributed by atoms with Gasteiger partial charge in [-0.1, -0.05) is 18.2 Å². The summed E-state index contributed by atoms with van der Waals surface area (Å²) in [5, 5.41) is 0. The number of benzene rings is 1. The average molecular weight is 254 g/mol. The fourth-order valence-corrected chi connectivity index (χ4v) is 3.69. The van der Waals surface area contributed by atoms with Crippen molar-refractivity contribution >= 4 is 9.84 Å². The third-order valence-corrected chi connectivity index (χ3v) is 4.87. The Kier molecular flexibility index (Phi) is 3.84. The molecule has 1 aromatic rings. The summed E-state index contributed by atoms with van der Waals surface area (Å²) in [7, 11) is -3.21. The molecule has 2 atom stereocenters.